The number of nitrogens with one attached hydrogen (secondary N) is 1. The summed E-state index contributed by atoms with van der Waals surface area (Å²) >= 11 is 6.16. The van der Waals surface area contributed by atoms with Crippen LogP contribution in [0.1, 0.15) is 37.8 Å². The van der Waals surface area contributed by atoms with Crippen LogP contribution in [0.15, 0.2) is 18.2 Å². The highest BCUT2D eigenvalue weighted by Crippen LogP contribution is 2.45. The van der Waals surface area contributed by atoms with E-state index < -0.39 is 0 Å². The van der Waals surface area contributed by atoms with Gasteiger partial charge >= 0.3 is 0 Å². The summed E-state index contributed by atoms with van der Waals surface area (Å²) < 4.78 is 5.47. The fourth-order valence-electron chi connectivity index (χ4n) is 3.37. The van der Waals surface area contributed by atoms with Crippen LogP contribution in [0.25, 0.3) is 11.1 Å². The number of rotatable bonds is 3. The van der Waals surface area contributed by atoms with Crippen LogP contribution >= 0.6 is 11.6 Å². The van der Waals surface area contributed by atoms with Crippen molar-refractivity contribution >= 4 is 17.4 Å². The molecular formula is C16H20ClN3O. The highest BCUT2D eigenvalue weighted by atomic mass is 35.5. The second kappa shape index (κ2) is 5.60. The Labute approximate surface area is 129 Å². The van der Waals surface area contributed by atoms with Gasteiger partial charge in [0.05, 0.1) is 12.7 Å². The smallest absolute Gasteiger partial charge is 0.153 e. The summed E-state index contributed by atoms with van der Waals surface area (Å²) in [5.41, 5.74) is 9.07. The lowest BCUT2D eigenvalue weighted by Crippen LogP contribution is -2.05. The van der Waals surface area contributed by atoms with Crippen LogP contribution in [-0.2, 0) is 0 Å². The highest BCUT2D eigenvalue weighted by Gasteiger charge is 2.30. The summed E-state index contributed by atoms with van der Waals surface area (Å²) in [5.74, 6) is 2.37. The van der Waals surface area contributed by atoms with Crippen LogP contribution < -0.4 is 10.5 Å². The lowest BCUT2D eigenvalue weighted by Gasteiger charge is -2.17. The van der Waals surface area contributed by atoms with E-state index >= 15 is 0 Å². The van der Waals surface area contributed by atoms with Crippen LogP contribution in [-0.4, -0.2) is 17.3 Å². The molecule has 5 heteroatoms. The number of nitrogen functional groups attached to an aromatic ring is 1. The molecule has 0 spiro atoms. The molecule has 2 aromatic rings. The molecule has 1 fully saturated rings. The summed E-state index contributed by atoms with van der Waals surface area (Å²) in [4.78, 5) is 0. The summed E-state index contributed by atoms with van der Waals surface area (Å²) in [6.45, 7) is 2.29. The van der Waals surface area contributed by atoms with Gasteiger partial charge in [0.15, 0.2) is 5.82 Å². The quantitative estimate of drug-likeness (QED) is 0.892. The predicted molar refractivity (Wildman–Crippen MR) is 85.8 cm³/mol. The van der Waals surface area contributed by atoms with Crippen molar-refractivity contribution < 1.29 is 4.74 Å². The van der Waals surface area contributed by atoms with Crippen molar-refractivity contribution in [1.82, 2.24) is 10.2 Å². The number of H-pyrrole nitrogens is 1. The predicted octanol–water partition coefficient (Wildman–Crippen LogP) is 4.22. The largest absolute Gasteiger partial charge is 0.496 e. The van der Waals surface area contributed by atoms with Crippen molar-refractivity contribution in [1.29, 1.82) is 0 Å². The fourth-order valence-corrected chi connectivity index (χ4v) is 3.54. The van der Waals surface area contributed by atoms with Gasteiger partial charge in [-0.25, -0.2) is 0 Å². The normalized spacial score (nSPS) is 21.7. The zero-order valence-electron chi connectivity index (χ0n) is 12.3. The number of aromatic nitrogens is 2. The molecule has 0 saturated heterocycles. The SMILES string of the molecule is COc1ccc(Cl)cc1-c1c(N)n[nH]c1C1CCCC1C. The fraction of sp³-hybridized carbons (Fsp3) is 0.438. The van der Waals surface area contributed by atoms with Gasteiger partial charge in [-0.2, -0.15) is 5.10 Å². The third-order valence-electron chi connectivity index (χ3n) is 4.49. The van der Waals surface area contributed by atoms with E-state index in [0.717, 1.165) is 22.6 Å². The number of hydrogen-bond acceptors (Lipinski definition) is 3. The van der Waals surface area contributed by atoms with Gasteiger partial charge in [-0.3, -0.25) is 5.10 Å². The lowest BCUT2D eigenvalue weighted by atomic mass is 9.89. The molecule has 21 heavy (non-hydrogen) atoms. The number of anilines is 1. The van der Waals surface area contributed by atoms with E-state index in [1.54, 1.807) is 7.11 Å². The number of aromatic amines is 1. The molecule has 4 nitrogen and oxygen atoms in total. The molecule has 2 atom stereocenters. The van der Waals surface area contributed by atoms with E-state index in [0.29, 0.717) is 22.7 Å². The molecule has 0 radical (unpaired) electrons. The van der Waals surface area contributed by atoms with Gasteiger partial charge < -0.3 is 10.5 Å². The minimum absolute atomic E-state index is 0.466. The number of nitrogens with two attached hydrogens (primary N) is 1. The van der Waals surface area contributed by atoms with Crippen LogP contribution in [0.5, 0.6) is 5.75 Å². The van der Waals surface area contributed by atoms with Gasteiger partial charge in [-0.05, 0) is 30.5 Å². The summed E-state index contributed by atoms with van der Waals surface area (Å²) in [5, 5.41) is 8.04. The number of ether oxygens (including phenoxy) is 1. The molecule has 1 aromatic heterocycles. The highest BCUT2D eigenvalue weighted by molar-refractivity contribution is 6.31. The molecule has 112 valence electrons. The Balaban J connectivity index is 2.14. The molecule has 1 heterocycles. The van der Waals surface area contributed by atoms with E-state index in [2.05, 4.69) is 17.1 Å². The molecular weight excluding hydrogens is 286 g/mol. The van der Waals surface area contributed by atoms with Crippen LogP contribution in [0.3, 0.4) is 0 Å². The second-order valence-electron chi connectivity index (χ2n) is 5.76. The average molecular weight is 306 g/mol. The topological polar surface area (TPSA) is 63.9 Å². The molecule has 3 N–H and O–H groups in total. The minimum atomic E-state index is 0.466. The van der Waals surface area contributed by atoms with Gasteiger partial charge in [0, 0.05) is 22.2 Å². The monoisotopic (exact) mass is 305 g/mol. The van der Waals surface area contributed by atoms with Crippen molar-refractivity contribution in [2.24, 2.45) is 5.92 Å². The number of benzene rings is 1. The Kier molecular flexibility index (Phi) is 3.81. The van der Waals surface area contributed by atoms with Crippen LogP contribution in [0.4, 0.5) is 5.82 Å². The minimum Gasteiger partial charge on any atom is -0.496 e. The van der Waals surface area contributed by atoms with Gasteiger partial charge in [-0.15, -0.1) is 0 Å². The molecule has 3 rings (SSSR count). The number of hydrogen-bond donors (Lipinski definition) is 2. The summed E-state index contributed by atoms with van der Waals surface area (Å²) in [6.07, 6.45) is 3.66. The van der Waals surface area contributed by atoms with Crippen LogP contribution in [0, 0.1) is 5.92 Å². The Hall–Kier alpha value is -1.68. The third-order valence-corrected chi connectivity index (χ3v) is 4.72. The Morgan fingerprint density at radius 3 is 2.86 bits per heavy atom. The van der Waals surface area contributed by atoms with Crippen LogP contribution in [0.2, 0.25) is 5.02 Å². The lowest BCUT2D eigenvalue weighted by molar-refractivity contribution is 0.416. The van der Waals surface area contributed by atoms with E-state index in [1.165, 1.54) is 19.3 Å². The molecule has 0 amide bonds. The first kappa shape index (κ1) is 14.3. The summed E-state index contributed by atoms with van der Waals surface area (Å²) in [6, 6.07) is 5.58. The molecule has 1 aliphatic rings. The Morgan fingerprint density at radius 1 is 1.38 bits per heavy atom. The maximum Gasteiger partial charge on any atom is 0.153 e. The zero-order chi connectivity index (χ0) is 15.0. The Morgan fingerprint density at radius 2 is 2.19 bits per heavy atom. The number of halogens is 1. The molecule has 1 saturated carbocycles. The molecule has 0 aliphatic heterocycles. The second-order valence-corrected chi connectivity index (χ2v) is 6.19. The van der Waals surface area contributed by atoms with Crippen molar-refractivity contribution in [3.05, 3.63) is 28.9 Å². The van der Waals surface area contributed by atoms with Crippen molar-refractivity contribution in [3.63, 3.8) is 0 Å². The first-order chi connectivity index (χ1) is 10.1. The first-order valence-corrected chi connectivity index (χ1v) is 7.67. The zero-order valence-corrected chi connectivity index (χ0v) is 13.1. The molecule has 1 aliphatic carbocycles. The van der Waals surface area contributed by atoms with E-state index in [9.17, 15) is 0 Å². The number of methoxy groups -OCH3 is 1. The first-order valence-electron chi connectivity index (χ1n) is 7.29. The van der Waals surface area contributed by atoms with Gasteiger partial charge in [0.25, 0.3) is 0 Å². The molecule has 0 bridgehead atoms. The van der Waals surface area contributed by atoms with Crippen molar-refractivity contribution in [2.75, 3.05) is 12.8 Å². The maximum absolute atomic E-state index is 6.16. The standard InChI is InChI=1S/C16H20ClN3O/c1-9-4-3-5-11(9)15-14(16(18)20-19-15)12-8-10(17)6-7-13(12)21-2/h6-9,11H,3-5H2,1-2H3,(H3,18,19,20). The van der Waals surface area contributed by atoms with Gasteiger partial charge in [0.1, 0.15) is 5.75 Å². The van der Waals surface area contributed by atoms with E-state index in [1.807, 2.05) is 18.2 Å². The van der Waals surface area contributed by atoms with Gasteiger partial charge in [0.2, 0.25) is 0 Å². The van der Waals surface area contributed by atoms with E-state index in [4.69, 9.17) is 22.1 Å². The maximum atomic E-state index is 6.16. The average Bonchev–Trinajstić information content (AvgIpc) is 3.04. The third kappa shape index (κ3) is 2.48. The Bertz CT molecular complexity index is 653. The summed E-state index contributed by atoms with van der Waals surface area (Å²) in [7, 11) is 1.65. The van der Waals surface area contributed by atoms with Gasteiger partial charge in [-0.1, -0.05) is 31.4 Å². The molecule has 2 unspecified atom stereocenters. The molecule has 1 aromatic carbocycles. The van der Waals surface area contributed by atoms with Crippen molar-refractivity contribution in [3.8, 4) is 16.9 Å². The van der Waals surface area contributed by atoms with Crippen molar-refractivity contribution in [2.45, 2.75) is 32.1 Å². The van der Waals surface area contributed by atoms with E-state index in [-0.39, 0.29) is 0 Å². The number of nitrogens with zero attached hydrogens (tertiary/aromatic N) is 1.